The summed E-state index contributed by atoms with van der Waals surface area (Å²) in [6.07, 6.45) is 2.06. The number of nitrogens with zero attached hydrogens (tertiary/aromatic N) is 6. The topological polar surface area (TPSA) is 51.7 Å². The van der Waals surface area contributed by atoms with Crippen LogP contribution in [-0.2, 0) is 14.3 Å². The van der Waals surface area contributed by atoms with E-state index in [0.29, 0.717) is 23.7 Å². The minimum absolute atomic E-state index is 0. The zero-order valence-electron chi connectivity index (χ0n) is 46.8. The Balaban J connectivity index is -0.000000744. The molecule has 0 bridgehead atoms. The second kappa shape index (κ2) is 36.2. The summed E-state index contributed by atoms with van der Waals surface area (Å²) in [7, 11) is 14.6. The van der Waals surface area contributed by atoms with Crippen molar-refractivity contribution in [2.24, 2.45) is 0 Å². The smallest absolute Gasteiger partial charge is 0.323 e. The van der Waals surface area contributed by atoms with Gasteiger partial charge in [0.15, 0.2) is 0 Å². The van der Waals surface area contributed by atoms with Gasteiger partial charge in [-0.1, -0.05) is 104 Å². The van der Waals surface area contributed by atoms with Gasteiger partial charge in [0.05, 0.1) is 48.0 Å². The Morgan fingerprint density at radius 3 is 1.37 bits per heavy atom. The highest BCUT2D eigenvalue weighted by Crippen LogP contribution is 2.27. The lowest BCUT2D eigenvalue weighted by Gasteiger charge is -2.32. The molecule has 0 amide bonds. The van der Waals surface area contributed by atoms with Crippen LogP contribution in [0.4, 0.5) is 0 Å². The van der Waals surface area contributed by atoms with E-state index in [2.05, 4.69) is 182 Å². The van der Waals surface area contributed by atoms with Gasteiger partial charge in [0.1, 0.15) is 6.04 Å². The first-order valence-corrected chi connectivity index (χ1v) is 29.2. The maximum atomic E-state index is 11.5. The van der Waals surface area contributed by atoms with Gasteiger partial charge in [-0.2, -0.15) is 58.8 Å². The number of morpholine rings is 1. The zero-order chi connectivity index (χ0) is 49.8. The third-order valence-corrected chi connectivity index (χ3v) is 16.0. The molecule has 3 heterocycles. The van der Waals surface area contributed by atoms with Crippen LogP contribution in [0, 0.1) is 0 Å². The molecule has 1 unspecified atom stereocenters. The number of methoxy groups -OCH3 is 1. The number of piperazine rings is 1. The third kappa shape index (κ3) is 51.4. The molecule has 0 aromatic rings. The van der Waals surface area contributed by atoms with Gasteiger partial charge in [0.25, 0.3) is 0 Å². The molecule has 9 nitrogen and oxygen atoms in total. The quantitative estimate of drug-likeness (QED) is 0.117. The van der Waals surface area contributed by atoms with Crippen molar-refractivity contribution in [1.29, 1.82) is 0 Å². The van der Waals surface area contributed by atoms with Gasteiger partial charge >= 0.3 is 5.97 Å². The molecule has 15 heteroatoms. The third-order valence-electron chi connectivity index (χ3n) is 9.71. The summed E-state index contributed by atoms with van der Waals surface area (Å²) in [6, 6.07) is 0.00516. The number of halogens is 1. The van der Waals surface area contributed by atoms with Crippen LogP contribution in [0.3, 0.4) is 0 Å². The van der Waals surface area contributed by atoms with Gasteiger partial charge in [-0.3, -0.25) is 19.5 Å². The minimum atomic E-state index is -0.0711. The molecule has 3 saturated heterocycles. The Morgan fingerprint density at radius 2 is 0.985 bits per heavy atom. The van der Waals surface area contributed by atoms with Gasteiger partial charge in [-0.25, -0.2) is 0 Å². The fourth-order valence-corrected chi connectivity index (χ4v) is 11.2. The molecule has 0 N–H and O–H groups in total. The first-order valence-electron chi connectivity index (χ1n) is 24.3. The van der Waals surface area contributed by atoms with Crippen LogP contribution in [0.5, 0.6) is 0 Å². The summed E-state index contributed by atoms with van der Waals surface area (Å²) in [5, 5.41) is 0. The van der Waals surface area contributed by atoms with E-state index in [-0.39, 0.29) is 24.4 Å². The molecule has 0 saturated carbocycles. The lowest BCUT2D eigenvalue weighted by Crippen LogP contribution is -3.00. The average molecular weight is 1040 g/mol. The maximum Gasteiger partial charge on any atom is 0.323 e. The van der Waals surface area contributed by atoms with Crippen LogP contribution < -0.4 is 12.4 Å². The van der Waals surface area contributed by atoms with Crippen molar-refractivity contribution in [2.45, 2.75) is 146 Å². The van der Waals surface area contributed by atoms with Gasteiger partial charge in [-0.15, -0.1) is 0 Å². The number of hydrogen-bond donors (Lipinski definition) is 0. The SMILES string of the molecule is CC(C)(C)SCCN1CCOCC1.CC(C)(C)SCC[N+](C)(C)C.CN(C)CCSC(C)(C)C.CN1CCN(CCSC(C)(C)C)CC1.COC(=O)C1CCCN1CCSC(C)(C)C.[Cl-]. The van der Waals surface area contributed by atoms with E-state index in [9.17, 15) is 4.79 Å². The molecule has 394 valence electrons. The van der Waals surface area contributed by atoms with Crippen LogP contribution in [0.1, 0.15) is 117 Å². The molecular weight excluding hydrogens is 928 g/mol. The Hall–Kier alpha value is 1.23. The number of quaternary nitrogens is 1. The predicted molar refractivity (Wildman–Crippen MR) is 300 cm³/mol. The van der Waals surface area contributed by atoms with Crippen LogP contribution >= 0.6 is 58.8 Å². The number of likely N-dealkylation sites (tertiary alicyclic amines) is 1. The Bertz CT molecular complexity index is 1120. The monoisotopic (exact) mass is 1040 g/mol. The van der Waals surface area contributed by atoms with E-state index < -0.39 is 0 Å². The molecular formula is C50H109ClN6O3S5. The van der Waals surface area contributed by atoms with Crippen LogP contribution in [0.2, 0.25) is 0 Å². The number of rotatable bonds is 16. The van der Waals surface area contributed by atoms with Gasteiger partial charge < -0.3 is 36.2 Å². The molecule has 0 spiro atoms. The Labute approximate surface area is 434 Å². The molecule has 1 atom stereocenters. The van der Waals surface area contributed by atoms with Crippen molar-refractivity contribution in [3.63, 3.8) is 0 Å². The fourth-order valence-electron chi connectivity index (χ4n) is 5.98. The molecule has 65 heavy (non-hydrogen) atoms. The van der Waals surface area contributed by atoms with Crippen molar-refractivity contribution >= 4 is 64.8 Å². The number of carbonyl (C=O) groups is 1. The van der Waals surface area contributed by atoms with E-state index in [4.69, 9.17) is 9.47 Å². The highest BCUT2D eigenvalue weighted by atomic mass is 35.5. The zero-order valence-corrected chi connectivity index (χ0v) is 51.6. The summed E-state index contributed by atoms with van der Waals surface area (Å²) < 4.78 is 13.2. The molecule has 0 radical (unpaired) electrons. The number of likely N-dealkylation sites (N-methyl/N-ethyl adjacent to an activating group) is 1. The van der Waals surface area contributed by atoms with Crippen LogP contribution in [0.15, 0.2) is 0 Å². The van der Waals surface area contributed by atoms with E-state index in [1.54, 1.807) is 0 Å². The average Bonchev–Trinajstić information content (AvgIpc) is 3.59. The van der Waals surface area contributed by atoms with Crippen molar-refractivity contribution in [2.75, 3.05) is 170 Å². The molecule has 3 rings (SSSR count). The molecule has 3 fully saturated rings. The Kier molecular flexibility index (Phi) is 39.2. The normalized spacial score (nSPS) is 18.5. The molecule has 0 aliphatic carbocycles. The fraction of sp³-hybridized carbons (Fsp3) is 0.980. The second-order valence-electron chi connectivity index (χ2n) is 23.4. The highest BCUT2D eigenvalue weighted by Gasteiger charge is 2.31. The van der Waals surface area contributed by atoms with Crippen molar-refractivity contribution in [3.05, 3.63) is 0 Å². The van der Waals surface area contributed by atoms with E-state index >= 15 is 0 Å². The summed E-state index contributed by atoms with van der Waals surface area (Å²) in [5.41, 5.74) is 0. The number of carbonyl (C=O) groups excluding carboxylic acids is 1. The van der Waals surface area contributed by atoms with E-state index in [1.807, 2.05) is 47.0 Å². The van der Waals surface area contributed by atoms with Crippen molar-refractivity contribution in [1.82, 2.24) is 24.5 Å². The predicted octanol–water partition coefficient (Wildman–Crippen LogP) is 7.08. The summed E-state index contributed by atoms with van der Waals surface area (Å²) in [4.78, 5) is 23.5. The van der Waals surface area contributed by atoms with Crippen LogP contribution in [0.25, 0.3) is 0 Å². The van der Waals surface area contributed by atoms with Crippen molar-refractivity contribution in [3.8, 4) is 0 Å². The maximum absolute atomic E-state index is 11.5. The molecule has 0 aromatic heterocycles. The minimum Gasteiger partial charge on any atom is -1.00 e. The number of ether oxygens (including phenoxy) is 2. The molecule has 3 aliphatic heterocycles. The molecule has 3 aliphatic rings. The van der Waals surface area contributed by atoms with Gasteiger partial charge in [0, 0.05) is 118 Å². The number of esters is 1. The summed E-state index contributed by atoms with van der Waals surface area (Å²) >= 11 is 10.1. The lowest BCUT2D eigenvalue weighted by molar-refractivity contribution is -0.867. The highest BCUT2D eigenvalue weighted by molar-refractivity contribution is 8.01. The Morgan fingerprint density at radius 1 is 0.600 bits per heavy atom. The van der Waals surface area contributed by atoms with E-state index in [1.165, 1.54) is 82.5 Å². The first-order chi connectivity index (χ1) is 29.1. The number of hydrogen-bond acceptors (Lipinski definition) is 13. The largest absolute Gasteiger partial charge is 1.00 e. The summed E-state index contributed by atoms with van der Waals surface area (Å²) in [5.74, 6) is 6.01. The van der Waals surface area contributed by atoms with E-state index in [0.717, 1.165) is 62.5 Å². The van der Waals surface area contributed by atoms with Crippen LogP contribution in [-0.4, -0.2) is 235 Å². The number of thioether (sulfide) groups is 5. The van der Waals surface area contributed by atoms with Crippen molar-refractivity contribution < 1.29 is 31.2 Å². The lowest BCUT2D eigenvalue weighted by atomic mass is 10.2. The standard InChI is InChI=1S/C12H23NO2S.C11H24N2S.C10H21NOS.C9H22NS.C8H19NS.ClH/c1-12(2,3)16-9-8-13-7-5-6-10(13)11(14)15-4;1-11(2,3)14-10-9-13-7-5-12(4)6-8-13;1-10(2,3)13-9-6-11-4-7-12-8-5-11;1-9(2,3)11-8-7-10(4,5)6;1-8(2,3)10-7-6-9(4)5;/h10H,5-9H2,1-4H3;5-10H2,1-4H3;4-9H2,1-3H3;7-8H2,1-6H3;6-7H2,1-5H3;1H/q;;;+1;;/p-1. The second-order valence-corrected chi connectivity index (χ2v) is 33.0. The van der Waals surface area contributed by atoms with Gasteiger partial charge in [0.2, 0.25) is 0 Å². The molecule has 0 aromatic carbocycles. The first kappa shape index (κ1) is 70.5. The van der Waals surface area contributed by atoms with Gasteiger partial charge in [-0.05, 0) is 40.5 Å². The summed E-state index contributed by atoms with van der Waals surface area (Å²) in [6.45, 7) is 49.9.